The Morgan fingerprint density at radius 2 is 1.67 bits per heavy atom. The molecule has 0 spiro atoms. The fourth-order valence-corrected chi connectivity index (χ4v) is 3.64. The lowest BCUT2D eigenvalue weighted by Gasteiger charge is -2.34. The van der Waals surface area contributed by atoms with Crippen molar-refractivity contribution < 1.29 is 18.7 Å². The first-order chi connectivity index (χ1) is 12.9. The number of amides is 2. The molecule has 0 N–H and O–H groups in total. The molecule has 1 aromatic heterocycles. The number of aryl methyl sites for hydroxylation is 2. The first-order valence-electron chi connectivity index (χ1n) is 8.57. The zero-order valence-electron chi connectivity index (χ0n) is 15.1. The zero-order valence-corrected chi connectivity index (χ0v) is 17.5. The van der Waals surface area contributed by atoms with Gasteiger partial charge in [-0.25, -0.2) is 0 Å². The topological polar surface area (TPSA) is 63.0 Å². The molecule has 1 aromatic carbocycles. The molecule has 144 valence electrons. The summed E-state index contributed by atoms with van der Waals surface area (Å²) in [7, 11) is 0. The summed E-state index contributed by atoms with van der Waals surface area (Å²) in [5.41, 5.74) is 0.554. The number of rotatable bonds is 4. The first kappa shape index (κ1) is 19.8. The number of nitrogens with zero attached hydrogens (tertiary/aromatic N) is 2. The summed E-state index contributed by atoms with van der Waals surface area (Å²) < 4.78 is 11.7. The second kappa shape index (κ2) is 8.35. The molecule has 2 heterocycles. The van der Waals surface area contributed by atoms with Crippen molar-refractivity contribution in [3.63, 3.8) is 0 Å². The van der Waals surface area contributed by atoms with Crippen LogP contribution in [0.1, 0.15) is 21.9 Å². The molecule has 1 fully saturated rings. The van der Waals surface area contributed by atoms with Crippen molar-refractivity contribution in [2.24, 2.45) is 0 Å². The van der Waals surface area contributed by atoms with E-state index in [4.69, 9.17) is 20.8 Å². The van der Waals surface area contributed by atoms with E-state index in [9.17, 15) is 9.59 Å². The van der Waals surface area contributed by atoms with Gasteiger partial charge in [-0.15, -0.1) is 0 Å². The zero-order chi connectivity index (χ0) is 19.6. The van der Waals surface area contributed by atoms with E-state index in [1.54, 1.807) is 41.0 Å². The molecule has 0 unspecified atom stereocenters. The fraction of sp³-hybridized carbons (Fsp3) is 0.368. The molecule has 1 saturated heterocycles. The second-order valence-corrected chi connectivity index (χ2v) is 7.55. The number of hydrogen-bond donors (Lipinski definition) is 0. The van der Waals surface area contributed by atoms with Crippen molar-refractivity contribution in [3.8, 4) is 5.75 Å². The summed E-state index contributed by atoms with van der Waals surface area (Å²) >= 11 is 9.25. The summed E-state index contributed by atoms with van der Waals surface area (Å²) in [5, 5.41) is 0.615. The predicted octanol–water partition coefficient (Wildman–Crippen LogP) is 3.68. The van der Waals surface area contributed by atoms with Crippen LogP contribution in [0.5, 0.6) is 5.75 Å². The van der Waals surface area contributed by atoms with Gasteiger partial charge in [0.05, 0.1) is 10.0 Å². The third kappa shape index (κ3) is 4.47. The van der Waals surface area contributed by atoms with Crippen LogP contribution in [0.4, 0.5) is 0 Å². The largest absolute Gasteiger partial charge is 0.484 e. The van der Waals surface area contributed by atoms with Crippen LogP contribution in [0.3, 0.4) is 0 Å². The Hall–Kier alpha value is -1.99. The highest BCUT2D eigenvalue weighted by Gasteiger charge is 2.29. The lowest BCUT2D eigenvalue weighted by Crippen LogP contribution is -2.51. The van der Waals surface area contributed by atoms with Crippen molar-refractivity contribution in [1.29, 1.82) is 0 Å². The quantitative estimate of drug-likeness (QED) is 0.706. The van der Waals surface area contributed by atoms with Crippen molar-refractivity contribution >= 4 is 39.3 Å². The first-order valence-corrected chi connectivity index (χ1v) is 9.75. The summed E-state index contributed by atoms with van der Waals surface area (Å²) in [6.07, 6.45) is 0. The fourth-order valence-electron chi connectivity index (χ4n) is 2.98. The lowest BCUT2D eigenvalue weighted by molar-refractivity contribution is -0.134. The van der Waals surface area contributed by atoms with Crippen LogP contribution in [-0.2, 0) is 4.79 Å². The molecule has 2 aromatic rings. The van der Waals surface area contributed by atoms with Crippen molar-refractivity contribution in [2.45, 2.75) is 13.8 Å². The van der Waals surface area contributed by atoms with E-state index < -0.39 is 0 Å². The van der Waals surface area contributed by atoms with Gasteiger partial charge in [0.25, 0.3) is 11.8 Å². The predicted molar refractivity (Wildman–Crippen MR) is 105 cm³/mol. The van der Waals surface area contributed by atoms with Crippen LogP contribution in [-0.4, -0.2) is 54.4 Å². The minimum Gasteiger partial charge on any atom is -0.484 e. The molecule has 6 nitrogen and oxygen atoms in total. The minimum absolute atomic E-state index is 0.0405. The highest BCUT2D eigenvalue weighted by molar-refractivity contribution is 9.10. The number of carbonyl (C=O) groups excluding carboxylic acids is 2. The Bertz CT molecular complexity index is 842. The molecule has 1 aliphatic heterocycles. The maximum Gasteiger partial charge on any atom is 0.260 e. The van der Waals surface area contributed by atoms with Crippen LogP contribution in [0, 0.1) is 13.8 Å². The molecule has 8 heteroatoms. The maximum atomic E-state index is 12.8. The van der Waals surface area contributed by atoms with Gasteiger partial charge in [0.2, 0.25) is 0 Å². The standard InChI is InChI=1S/C19H20BrClN2O4/c1-12-17(18(20)13(2)27-12)19(25)23-9-7-22(8-10-23)16(24)11-26-15-5-3-14(21)4-6-15/h3-6H,7-11H2,1-2H3. The van der Waals surface area contributed by atoms with Crippen LogP contribution in [0.15, 0.2) is 33.2 Å². The molecule has 27 heavy (non-hydrogen) atoms. The Labute approximate surface area is 171 Å². The third-order valence-corrected chi connectivity index (χ3v) is 5.70. The van der Waals surface area contributed by atoms with Crippen LogP contribution in [0.25, 0.3) is 0 Å². The molecule has 0 saturated carbocycles. The molecule has 0 aliphatic carbocycles. The Morgan fingerprint density at radius 3 is 2.22 bits per heavy atom. The number of piperazine rings is 1. The van der Waals surface area contributed by atoms with E-state index in [0.29, 0.717) is 58.5 Å². The van der Waals surface area contributed by atoms with E-state index >= 15 is 0 Å². The van der Waals surface area contributed by atoms with E-state index in [1.165, 1.54) is 0 Å². The van der Waals surface area contributed by atoms with Crippen LogP contribution in [0.2, 0.25) is 5.02 Å². The number of benzene rings is 1. The van der Waals surface area contributed by atoms with Gasteiger partial charge in [0, 0.05) is 31.2 Å². The molecule has 3 rings (SSSR count). The average Bonchev–Trinajstić information content (AvgIpc) is 2.92. The highest BCUT2D eigenvalue weighted by atomic mass is 79.9. The molecular formula is C19H20BrClN2O4. The minimum atomic E-state index is -0.103. The van der Waals surface area contributed by atoms with Crippen molar-refractivity contribution in [2.75, 3.05) is 32.8 Å². The lowest BCUT2D eigenvalue weighted by atomic mass is 10.2. The van der Waals surface area contributed by atoms with E-state index in [2.05, 4.69) is 15.9 Å². The van der Waals surface area contributed by atoms with Crippen molar-refractivity contribution in [1.82, 2.24) is 9.80 Å². The summed E-state index contributed by atoms with van der Waals surface area (Å²) in [4.78, 5) is 28.6. The average molecular weight is 456 g/mol. The van der Waals surface area contributed by atoms with E-state index in [0.717, 1.165) is 0 Å². The van der Waals surface area contributed by atoms with Gasteiger partial charge in [-0.2, -0.15) is 0 Å². The number of halogens is 2. The number of ether oxygens (including phenoxy) is 1. The smallest absolute Gasteiger partial charge is 0.260 e. The highest BCUT2D eigenvalue weighted by Crippen LogP contribution is 2.28. The third-order valence-electron chi connectivity index (χ3n) is 4.50. The van der Waals surface area contributed by atoms with E-state index in [1.807, 2.05) is 6.92 Å². The molecule has 0 radical (unpaired) electrons. The molecule has 0 bridgehead atoms. The number of carbonyl (C=O) groups is 2. The summed E-state index contributed by atoms with van der Waals surface area (Å²) in [5.74, 6) is 1.69. The van der Waals surface area contributed by atoms with Gasteiger partial charge in [0.15, 0.2) is 6.61 Å². The molecule has 2 amide bonds. The maximum absolute atomic E-state index is 12.8. The van der Waals surface area contributed by atoms with Gasteiger partial charge in [-0.1, -0.05) is 11.6 Å². The van der Waals surface area contributed by atoms with E-state index in [-0.39, 0.29) is 18.4 Å². The van der Waals surface area contributed by atoms with Gasteiger partial charge < -0.3 is 19.0 Å². The summed E-state index contributed by atoms with van der Waals surface area (Å²) in [6.45, 7) is 5.44. The van der Waals surface area contributed by atoms with Gasteiger partial charge in [0.1, 0.15) is 17.3 Å². The molecular weight excluding hydrogens is 436 g/mol. The van der Waals surface area contributed by atoms with Crippen LogP contribution < -0.4 is 4.74 Å². The van der Waals surface area contributed by atoms with Crippen LogP contribution >= 0.6 is 27.5 Å². The molecule has 1 aliphatic rings. The number of furan rings is 1. The second-order valence-electron chi connectivity index (χ2n) is 6.32. The normalized spacial score (nSPS) is 14.4. The Morgan fingerprint density at radius 1 is 1.07 bits per heavy atom. The Kier molecular flexibility index (Phi) is 6.11. The monoisotopic (exact) mass is 454 g/mol. The Balaban J connectivity index is 1.53. The number of hydrogen-bond acceptors (Lipinski definition) is 4. The van der Waals surface area contributed by atoms with Crippen molar-refractivity contribution in [3.05, 3.63) is 50.8 Å². The summed E-state index contributed by atoms with van der Waals surface area (Å²) in [6, 6.07) is 6.87. The molecule has 0 atom stereocenters. The van der Waals surface area contributed by atoms with Gasteiger partial charge >= 0.3 is 0 Å². The van der Waals surface area contributed by atoms with Gasteiger partial charge in [-0.3, -0.25) is 9.59 Å². The SMILES string of the molecule is Cc1oc(C)c(C(=O)N2CCN(C(=O)COc3ccc(Cl)cc3)CC2)c1Br. The van der Waals surface area contributed by atoms with Gasteiger partial charge in [-0.05, 0) is 54.0 Å².